The third-order valence-electron chi connectivity index (χ3n) is 4.91. The Labute approximate surface area is 164 Å². The summed E-state index contributed by atoms with van der Waals surface area (Å²) in [6.07, 6.45) is 2.88. The van der Waals surface area contributed by atoms with E-state index in [-0.39, 0.29) is 23.1 Å². The van der Waals surface area contributed by atoms with Gasteiger partial charge >= 0.3 is 5.63 Å². The normalized spacial score (nSPS) is 12.1. The van der Waals surface area contributed by atoms with Crippen molar-refractivity contribution in [3.05, 3.63) is 70.1 Å². The van der Waals surface area contributed by atoms with Crippen molar-refractivity contribution in [2.75, 3.05) is 5.32 Å². The Bertz CT molecular complexity index is 1040. The highest BCUT2D eigenvalue weighted by molar-refractivity contribution is 5.90. The number of carbonyl (C=O) groups is 1. The SMILES string of the molecule is CCCCC(=O)Nc1cccc(C(CC)c2c(O)c3ccccc3oc2=O)c1. The fraction of sp³-hybridized carbons (Fsp3) is 0.304. The Morgan fingerprint density at radius 2 is 1.93 bits per heavy atom. The van der Waals surface area contributed by atoms with Crippen LogP contribution in [0.5, 0.6) is 5.75 Å². The van der Waals surface area contributed by atoms with E-state index in [0.717, 1.165) is 18.4 Å². The number of aromatic hydroxyl groups is 1. The molecular weight excluding hydrogens is 354 g/mol. The summed E-state index contributed by atoms with van der Waals surface area (Å²) in [5.41, 5.74) is 1.59. The largest absolute Gasteiger partial charge is 0.507 e. The number of nitrogens with one attached hydrogen (secondary N) is 1. The monoisotopic (exact) mass is 379 g/mol. The molecule has 146 valence electrons. The van der Waals surface area contributed by atoms with Crippen molar-refractivity contribution in [1.29, 1.82) is 0 Å². The van der Waals surface area contributed by atoms with E-state index in [0.29, 0.717) is 29.5 Å². The maximum absolute atomic E-state index is 12.6. The third kappa shape index (κ3) is 4.09. The predicted octanol–water partition coefficient (Wildman–Crippen LogP) is 5.17. The van der Waals surface area contributed by atoms with Crippen molar-refractivity contribution >= 4 is 22.6 Å². The second kappa shape index (κ2) is 8.74. The standard InChI is InChI=1S/C23H25NO4/c1-3-5-13-20(25)24-16-10-8-9-15(14-16)17(4-2)21-22(26)18-11-6-7-12-19(18)28-23(21)27/h6-12,14,17,26H,3-5,13H2,1-2H3,(H,24,25). The molecule has 1 heterocycles. The van der Waals surface area contributed by atoms with Gasteiger partial charge in [0.2, 0.25) is 5.91 Å². The number of fused-ring (bicyclic) bond motifs is 1. The summed E-state index contributed by atoms with van der Waals surface area (Å²) in [5, 5.41) is 14.2. The highest BCUT2D eigenvalue weighted by Gasteiger charge is 2.23. The fourth-order valence-electron chi connectivity index (χ4n) is 3.46. The Morgan fingerprint density at radius 1 is 1.14 bits per heavy atom. The van der Waals surface area contributed by atoms with Gasteiger partial charge in [0, 0.05) is 18.0 Å². The molecule has 0 saturated heterocycles. The van der Waals surface area contributed by atoms with Crippen LogP contribution in [0.15, 0.2) is 57.7 Å². The van der Waals surface area contributed by atoms with Gasteiger partial charge in [-0.1, -0.05) is 44.5 Å². The van der Waals surface area contributed by atoms with Crippen LogP contribution in [0, 0.1) is 0 Å². The van der Waals surface area contributed by atoms with Gasteiger partial charge in [-0.3, -0.25) is 4.79 Å². The van der Waals surface area contributed by atoms with Gasteiger partial charge in [-0.25, -0.2) is 4.79 Å². The number of carbonyl (C=O) groups excluding carboxylic acids is 1. The lowest BCUT2D eigenvalue weighted by Crippen LogP contribution is -2.15. The van der Waals surface area contributed by atoms with Gasteiger partial charge in [-0.2, -0.15) is 0 Å². The lowest BCUT2D eigenvalue weighted by Gasteiger charge is -2.18. The summed E-state index contributed by atoms with van der Waals surface area (Å²) in [7, 11) is 0. The number of amides is 1. The zero-order valence-corrected chi connectivity index (χ0v) is 16.2. The van der Waals surface area contributed by atoms with Crippen molar-refractivity contribution < 1.29 is 14.3 Å². The van der Waals surface area contributed by atoms with Crippen LogP contribution in [0.4, 0.5) is 5.69 Å². The van der Waals surface area contributed by atoms with Crippen LogP contribution in [-0.4, -0.2) is 11.0 Å². The Balaban J connectivity index is 1.98. The highest BCUT2D eigenvalue weighted by atomic mass is 16.4. The first kappa shape index (κ1) is 19.7. The fourth-order valence-corrected chi connectivity index (χ4v) is 3.46. The molecule has 0 saturated carbocycles. The zero-order valence-electron chi connectivity index (χ0n) is 16.2. The lowest BCUT2D eigenvalue weighted by atomic mass is 9.88. The lowest BCUT2D eigenvalue weighted by molar-refractivity contribution is -0.116. The van der Waals surface area contributed by atoms with E-state index in [4.69, 9.17) is 4.42 Å². The first-order valence-corrected chi connectivity index (χ1v) is 9.69. The average molecular weight is 379 g/mol. The van der Waals surface area contributed by atoms with E-state index in [1.807, 2.05) is 38.1 Å². The number of para-hydroxylation sites is 1. The molecule has 3 aromatic rings. The second-order valence-electron chi connectivity index (χ2n) is 6.89. The van der Waals surface area contributed by atoms with E-state index >= 15 is 0 Å². The molecule has 0 aliphatic rings. The summed E-state index contributed by atoms with van der Waals surface area (Å²) in [4.78, 5) is 24.6. The number of unbranched alkanes of at least 4 members (excludes halogenated alkanes) is 1. The minimum absolute atomic E-state index is 0.0277. The van der Waals surface area contributed by atoms with Crippen molar-refractivity contribution in [3.63, 3.8) is 0 Å². The van der Waals surface area contributed by atoms with Crippen molar-refractivity contribution in [1.82, 2.24) is 0 Å². The number of rotatable bonds is 7. The predicted molar refractivity (Wildman–Crippen MR) is 111 cm³/mol. The van der Waals surface area contributed by atoms with Crippen molar-refractivity contribution in [2.24, 2.45) is 0 Å². The van der Waals surface area contributed by atoms with Gasteiger partial charge in [-0.05, 0) is 42.7 Å². The number of anilines is 1. The molecule has 1 atom stereocenters. The van der Waals surface area contributed by atoms with E-state index < -0.39 is 5.63 Å². The number of benzene rings is 2. The summed E-state index contributed by atoms with van der Waals surface area (Å²) in [6.45, 7) is 3.99. The van der Waals surface area contributed by atoms with Crippen LogP contribution < -0.4 is 10.9 Å². The minimum Gasteiger partial charge on any atom is -0.507 e. The van der Waals surface area contributed by atoms with Crippen LogP contribution >= 0.6 is 0 Å². The first-order valence-electron chi connectivity index (χ1n) is 9.69. The summed E-state index contributed by atoms with van der Waals surface area (Å²) in [6, 6.07) is 14.3. The van der Waals surface area contributed by atoms with Crippen LogP contribution in [-0.2, 0) is 4.79 Å². The maximum Gasteiger partial charge on any atom is 0.343 e. The molecule has 1 aromatic heterocycles. The van der Waals surface area contributed by atoms with Gasteiger partial charge in [0.15, 0.2) is 0 Å². The van der Waals surface area contributed by atoms with Crippen LogP contribution in [0.3, 0.4) is 0 Å². The molecule has 0 radical (unpaired) electrons. The Kier molecular flexibility index (Phi) is 6.14. The van der Waals surface area contributed by atoms with Crippen LogP contribution in [0.2, 0.25) is 0 Å². The van der Waals surface area contributed by atoms with E-state index in [2.05, 4.69) is 5.32 Å². The quantitative estimate of drug-likeness (QED) is 0.555. The van der Waals surface area contributed by atoms with Gasteiger partial charge in [0.05, 0.1) is 10.9 Å². The molecule has 1 amide bonds. The van der Waals surface area contributed by atoms with Crippen molar-refractivity contribution in [3.8, 4) is 5.75 Å². The van der Waals surface area contributed by atoms with Crippen LogP contribution in [0.25, 0.3) is 11.0 Å². The Hall–Kier alpha value is -3.08. The van der Waals surface area contributed by atoms with Crippen LogP contribution in [0.1, 0.15) is 56.6 Å². The molecule has 2 aromatic carbocycles. The summed E-state index contributed by atoms with van der Waals surface area (Å²) in [5.74, 6) is -0.412. The molecule has 5 nitrogen and oxygen atoms in total. The smallest absolute Gasteiger partial charge is 0.343 e. The number of hydrogen-bond acceptors (Lipinski definition) is 4. The number of hydrogen-bond donors (Lipinski definition) is 2. The maximum atomic E-state index is 12.6. The molecular formula is C23H25NO4. The summed E-state index contributed by atoms with van der Waals surface area (Å²) >= 11 is 0. The molecule has 5 heteroatoms. The van der Waals surface area contributed by atoms with E-state index in [9.17, 15) is 14.7 Å². The van der Waals surface area contributed by atoms with E-state index in [1.54, 1.807) is 24.3 Å². The Morgan fingerprint density at radius 3 is 2.68 bits per heavy atom. The molecule has 0 spiro atoms. The van der Waals surface area contributed by atoms with Crippen molar-refractivity contribution in [2.45, 2.75) is 45.4 Å². The summed E-state index contributed by atoms with van der Waals surface area (Å²) < 4.78 is 5.43. The van der Waals surface area contributed by atoms with E-state index in [1.165, 1.54) is 0 Å². The molecule has 2 N–H and O–H groups in total. The highest BCUT2D eigenvalue weighted by Crippen LogP contribution is 2.36. The average Bonchev–Trinajstić information content (AvgIpc) is 2.69. The molecule has 0 aliphatic carbocycles. The first-order chi connectivity index (χ1) is 13.5. The zero-order chi connectivity index (χ0) is 20.1. The molecule has 28 heavy (non-hydrogen) atoms. The van der Waals surface area contributed by atoms with Gasteiger partial charge in [0.25, 0.3) is 0 Å². The molecule has 1 unspecified atom stereocenters. The molecule has 3 rings (SSSR count). The second-order valence-corrected chi connectivity index (χ2v) is 6.89. The molecule has 0 bridgehead atoms. The minimum atomic E-state index is -0.541. The molecule has 0 aliphatic heterocycles. The van der Waals surface area contributed by atoms with Gasteiger partial charge < -0.3 is 14.8 Å². The van der Waals surface area contributed by atoms with Gasteiger partial charge in [-0.15, -0.1) is 0 Å². The third-order valence-corrected chi connectivity index (χ3v) is 4.91. The topological polar surface area (TPSA) is 79.5 Å². The molecule has 0 fully saturated rings. The van der Waals surface area contributed by atoms with Gasteiger partial charge in [0.1, 0.15) is 11.3 Å².